The van der Waals surface area contributed by atoms with Crippen molar-refractivity contribution in [2.75, 3.05) is 25.7 Å². The largest absolute Gasteiger partial charge is 0.497 e. The van der Waals surface area contributed by atoms with Crippen LogP contribution in [0.2, 0.25) is 0 Å². The van der Waals surface area contributed by atoms with Gasteiger partial charge >= 0.3 is 12.1 Å². The second-order valence-electron chi connectivity index (χ2n) is 7.59. The SMILES string of the molecule is COC(=O)CN1C(=S)N(c2ccc(OC)cc2)C(=O)/C1=C/c1ccc(-c2cccc(C(F)(F)F)c2)o1. The van der Waals surface area contributed by atoms with Gasteiger partial charge in [0.05, 0.1) is 25.5 Å². The van der Waals surface area contributed by atoms with Gasteiger partial charge < -0.3 is 18.8 Å². The zero-order valence-electron chi connectivity index (χ0n) is 19.0. The van der Waals surface area contributed by atoms with E-state index in [9.17, 15) is 22.8 Å². The predicted octanol–water partition coefficient (Wildman–Crippen LogP) is 5.12. The predicted molar refractivity (Wildman–Crippen MR) is 129 cm³/mol. The molecule has 1 aliphatic heterocycles. The van der Waals surface area contributed by atoms with Gasteiger partial charge in [-0.15, -0.1) is 0 Å². The van der Waals surface area contributed by atoms with Crippen LogP contribution in [0.25, 0.3) is 17.4 Å². The van der Waals surface area contributed by atoms with Crippen LogP contribution >= 0.6 is 12.2 Å². The van der Waals surface area contributed by atoms with E-state index >= 15 is 0 Å². The van der Waals surface area contributed by atoms with Crippen LogP contribution in [0.15, 0.2) is 70.8 Å². The van der Waals surface area contributed by atoms with Gasteiger partial charge in [-0.2, -0.15) is 13.2 Å². The van der Waals surface area contributed by atoms with Crippen LogP contribution in [0, 0.1) is 0 Å². The molecule has 0 aliphatic carbocycles. The molecule has 4 rings (SSSR count). The maximum atomic E-state index is 13.4. The zero-order valence-corrected chi connectivity index (χ0v) is 19.9. The normalized spacial score (nSPS) is 15.1. The highest BCUT2D eigenvalue weighted by Crippen LogP contribution is 2.34. The van der Waals surface area contributed by atoms with E-state index < -0.39 is 23.6 Å². The highest BCUT2D eigenvalue weighted by atomic mass is 32.1. The average molecular weight is 516 g/mol. The second-order valence-corrected chi connectivity index (χ2v) is 7.96. The molecule has 0 bridgehead atoms. The number of benzene rings is 2. The molecule has 0 radical (unpaired) electrons. The Morgan fingerprint density at radius 3 is 2.44 bits per heavy atom. The number of nitrogens with zero attached hydrogens (tertiary/aromatic N) is 2. The van der Waals surface area contributed by atoms with Crippen LogP contribution in [-0.4, -0.2) is 42.7 Å². The number of anilines is 1. The van der Waals surface area contributed by atoms with Gasteiger partial charge in [-0.1, -0.05) is 12.1 Å². The summed E-state index contributed by atoms with van der Waals surface area (Å²) in [5.74, 6) is -0.216. The van der Waals surface area contributed by atoms with Crippen molar-refractivity contribution in [2.45, 2.75) is 6.18 Å². The Balaban J connectivity index is 1.70. The van der Waals surface area contributed by atoms with Gasteiger partial charge in [-0.3, -0.25) is 14.5 Å². The summed E-state index contributed by atoms with van der Waals surface area (Å²) in [6.45, 7) is -0.333. The zero-order chi connectivity index (χ0) is 26.0. The number of carbonyl (C=O) groups is 2. The summed E-state index contributed by atoms with van der Waals surface area (Å²) in [6.07, 6.45) is -3.13. The van der Waals surface area contributed by atoms with Crippen molar-refractivity contribution in [2.24, 2.45) is 0 Å². The summed E-state index contributed by atoms with van der Waals surface area (Å²) >= 11 is 5.49. The molecule has 1 amide bonds. The lowest BCUT2D eigenvalue weighted by molar-refractivity contribution is -0.140. The van der Waals surface area contributed by atoms with Crippen molar-refractivity contribution in [3.8, 4) is 17.1 Å². The molecule has 36 heavy (non-hydrogen) atoms. The summed E-state index contributed by atoms with van der Waals surface area (Å²) in [4.78, 5) is 28.0. The Morgan fingerprint density at radius 1 is 1.08 bits per heavy atom. The molecule has 1 aliphatic rings. The van der Waals surface area contributed by atoms with Gasteiger partial charge in [0.15, 0.2) is 5.11 Å². The molecule has 11 heteroatoms. The number of carbonyl (C=O) groups excluding carboxylic acids is 2. The van der Waals surface area contributed by atoms with Crippen molar-refractivity contribution in [1.82, 2.24) is 4.90 Å². The lowest BCUT2D eigenvalue weighted by atomic mass is 10.1. The third-order valence-electron chi connectivity index (χ3n) is 5.36. The van der Waals surface area contributed by atoms with Crippen LogP contribution in [0.5, 0.6) is 5.75 Å². The molecular weight excluding hydrogens is 497 g/mol. The van der Waals surface area contributed by atoms with E-state index in [1.165, 1.54) is 54.4 Å². The van der Waals surface area contributed by atoms with E-state index in [1.807, 2.05) is 0 Å². The Bertz CT molecular complexity index is 1350. The maximum Gasteiger partial charge on any atom is 0.416 e. The van der Waals surface area contributed by atoms with Crippen molar-refractivity contribution in [1.29, 1.82) is 0 Å². The van der Waals surface area contributed by atoms with Crippen molar-refractivity contribution in [3.05, 3.63) is 77.7 Å². The number of hydrogen-bond donors (Lipinski definition) is 0. The third-order valence-corrected chi connectivity index (χ3v) is 5.76. The number of ether oxygens (including phenoxy) is 2. The van der Waals surface area contributed by atoms with Crippen LogP contribution < -0.4 is 9.64 Å². The highest BCUT2D eigenvalue weighted by molar-refractivity contribution is 7.80. The first-order chi connectivity index (χ1) is 17.1. The van der Waals surface area contributed by atoms with E-state index in [-0.39, 0.29) is 34.4 Å². The molecule has 1 aromatic heterocycles. The fourth-order valence-electron chi connectivity index (χ4n) is 3.55. The molecule has 0 saturated carbocycles. The monoisotopic (exact) mass is 516 g/mol. The van der Waals surface area contributed by atoms with Gasteiger partial charge in [0.2, 0.25) is 0 Å². The Hall–Kier alpha value is -4.12. The number of thiocarbonyl (C=S) groups is 1. The van der Waals surface area contributed by atoms with Crippen molar-refractivity contribution in [3.63, 3.8) is 0 Å². The first kappa shape index (κ1) is 25.0. The van der Waals surface area contributed by atoms with Gasteiger partial charge in [0.25, 0.3) is 5.91 Å². The minimum Gasteiger partial charge on any atom is -0.497 e. The quantitative estimate of drug-likeness (QED) is 0.256. The molecule has 1 saturated heterocycles. The number of amides is 1. The van der Waals surface area contributed by atoms with E-state index in [4.69, 9.17) is 26.1 Å². The standard InChI is InChI=1S/C25H19F3N2O5S/c1-33-18-8-6-17(7-9-18)30-23(32)20(29(24(30)36)14-22(31)34-2)13-19-10-11-21(35-19)15-4-3-5-16(12-15)25(26,27)28/h3-13H,14H2,1-2H3/b20-13-. The summed E-state index contributed by atoms with van der Waals surface area (Å²) in [5.41, 5.74) is -0.111. The molecule has 2 heterocycles. The number of rotatable bonds is 6. The summed E-state index contributed by atoms with van der Waals surface area (Å²) in [5, 5.41) is 0.0477. The second kappa shape index (κ2) is 9.86. The fourth-order valence-corrected chi connectivity index (χ4v) is 3.91. The van der Waals surface area contributed by atoms with Crippen molar-refractivity contribution >= 4 is 41.0 Å². The number of esters is 1. The van der Waals surface area contributed by atoms with Gasteiger partial charge in [0, 0.05) is 11.6 Å². The Kier molecular flexibility index (Phi) is 6.84. The van der Waals surface area contributed by atoms with Crippen molar-refractivity contribution < 1.29 is 36.7 Å². The number of furan rings is 1. The molecule has 0 unspecified atom stereocenters. The third kappa shape index (κ3) is 4.96. The van der Waals surface area contributed by atoms with E-state index in [2.05, 4.69) is 0 Å². The lowest BCUT2D eigenvalue weighted by Gasteiger charge is -2.19. The van der Waals surface area contributed by atoms with Gasteiger partial charge in [-0.05, 0) is 60.7 Å². The first-order valence-corrected chi connectivity index (χ1v) is 10.9. The molecule has 7 nitrogen and oxygen atoms in total. The van der Waals surface area contributed by atoms with Crippen LogP contribution in [0.1, 0.15) is 11.3 Å². The molecule has 0 N–H and O–H groups in total. The smallest absolute Gasteiger partial charge is 0.416 e. The van der Waals surface area contributed by atoms with E-state index in [0.29, 0.717) is 11.4 Å². The number of alkyl halides is 3. The Labute approximate surface area is 209 Å². The van der Waals surface area contributed by atoms with Gasteiger partial charge in [-0.25, -0.2) is 0 Å². The lowest BCUT2D eigenvalue weighted by Crippen LogP contribution is -2.35. The summed E-state index contributed by atoms with van der Waals surface area (Å²) < 4.78 is 54.9. The minimum atomic E-state index is -4.50. The molecule has 0 spiro atoms. The van der Waals surface area contributed by atoms with Crippen LogP contribution in [-0.2, 0) is 20.5 Å². The minimum absolute atomic E-state index is 0.0335. The number of methoxy groups -OCH3 is 2. The molecule has 3 aromatic rings. The molecule has 1 fully saturated rings. The average Bonchev–Trinajstić information content (AvgIpc) is 3.42. The number of halogens is 3. The molecule has 0 atom stereocenters. The molecule has 186 valence electrons. The maximum absolute atomic E-state index is 13.4. The van der Waals surface area contributed by atoms with Crippen LogP contribution in [0.3, 0.4) is 0 Å². The fraction of sp³-hybridized carbons (Fsp3) is 0.160. The Morgan fingerprint density at radius 2 is 1.81 bits per heavy atom. The van der Waals surface area contributed by atoms with Gasteiger partial charge in [0.1, 0.15) is 29.5 Å². The topological polar surface area (TPSA) is 72.2 Å². The van der Waals surface area contributed by atoms with E-state index in [1.54, 1.807) is 24.3 Å². The number of hydrogen-bond acceptors (Lipinski definition) is 6. The highest BCUT2D eigenvalue weighted by Gasteiger charge is 2.40. The first-order valence-electron chi connectivity index (χ1n) is 10.5. The summed E-state index contributed by atoms with van der Waals surface area (Å²) in [7, 11) is 2.72. The molecular formula is C25H19F3N2O5S. The van der Waals surface area contributed by atoms with Crippen LogP contribution in [0.4, 0.5) is 18.9 Å². The molecule has 2 aromatic carbocycles. The van der Waals surface area contributed by atoms with E-state index in [0.717, 1.165) is 12.1 Å². The summed E-state index contributed by atoms with van der Waals surface area (Å²) in [6, 6.07) is 14.3.